The largest absolute Gasteiger partial charge is 0.353 e. The van der Waals surface area contributed by atoms with E-state index in [9.17, 15) is 0 Å². The van der Waals surface area contributed by atoms with E-state index in [0.29, 0.717) is 11.8 Å². The van der Waals surface area contributed by atoms with Crippen molar-refractivity contribution in [3.05, 3.63) is 0 Å². The van der Waals surface area contributed by atoms with Gasteiger partial charge in [-0.3, -0.25) is 0 Å². The molecule has 2 heteroatoms. The van der Waals surface area contributed by atoms with Crippen LogP contribution >= 0.6 is 0 Å². The minimum atomic E-state index is -0.0546. The number of rotatable bonds is 18. The van der Waals surface area contributed by atoms with E-state index in [2.05, 4.69) is 34.6 Å². The molecule has 0 fully saturated rings. The Hall–Kier alpha value is -0.0800. The minimum Gasteiger partial charge on any atom is -0.353 e. The monoisotopic (exact) mass is 342 g/mol. The van der Waals surface area contributed by atoms with Gasteiger partial charge in [0, 0.05) is 0 Å². The summed E-state index contributed by atoms with van der Waals surface area (Å²) in [6, 6.07) is 0. The molecule has 0 aromatic carbocycles. The third-order valence-electron chi connectivity index (χ3n) is 4.96. The Balaban J connectivity index is 3.98. The fraction of sp³-hybridized carbons (Fsp3) is 1.00. The highest BCUT2D eigenvalue weighted by atomic mass is 16.7. The van der Waals surface area contributed by atoms with Crippen LogP contribution in [0.4, 0.5) is 0 Å². The molecule has 0 heterocycles. The fourth-order valence-electron chi connectivity index (χ4n) is 3.40. The summed E-state index contributed by atoms with van der Waals surface area (Å²) in [6.07, 6.45) is 15.6. The average Bonchev–Trinajstić information content (AvgIpc) is 2.58. The van der Waals surface area contributed by atoms with Gasteiger partial charge in [0.1, 0.15) is 0 Å². The number of hydrogen-bond acceptors (Lipinski definition) is 2. The standard InChI is InChI=1S/C22H46O2/c1-6-10-12-16-21(14-8-3)18-23-20(5)24-19-22(15-9-4)17-13-11-7-2/h20-22H,6-19H2,1-5H3. The molecule has 146 valence electrons. The zero-order valence-corrected chi connectivity index (χ0v) is 17.4. The topological polar surface area (TPSA) is 18.5 Å². The smallest absolute Gasteiger partial charge is 0.154 e. The average molecular weight is 343 g/mol. The molecule has 2 nitrogen and oxygen atoms in total. The van der Waals surface area contributed by atoms with E-state index < -0.39 is 0 Å². The molecule has 0 saturated carbocycles. The quantitative estimate of drug-likeness (QED) is 0.191. The Morgan fingerprint density at radius 3 is 1.29 bits per heavy atom. The summed E-state index contributed by atoms with van der Waals surface area (Å²) in [6.45, 7) is 12.9. The van der Waals surface area contributed by atoms with Crippen molar-refractivity contribution in [3.63, 3.8) is 0 Å². The molecule has 0 rings (SSSR count). The molecule has 0 N–H and O–H groups in total. The predicted molar refractivity (Wildman–Crippen MR) is 106 cm³/mol. The summed E-state index contributed by atoms with van der Waals surface area (Å²) < 4.78 is 12.0. The van der Waals surface area contributed by atoms with E-state index in [0.717, 1.165) is 13.2 Å². The second-order valence-corrected chi connectivity index (χ2v) is 7.54. The molecule has 0 aliphatic heterocycles. The van der Waals surface area contributed by atoms with E-state index >= 15 is 0 Å². The number of ether oxygens (including phenoxy) is 2. The van der Waals surface area contributed by atoms with Crippen LogP contribution in [0.5, 0.6) is 0 Å². The van der Waals surface area contributed by atoms with Crippen LogP contribution in [0, 0.1) is 11.8 Å². The van der Waals surface area contributed by atoms with Crippen LogP contribution in [0.2, 0.25) is 0 Å². The molecule has 0 radical (unpaired) electrons. The van der Waals surface area contributed by atoms with Crippen LogP contribution in [-0.4, -0.2) is 19.5 Å². The van der Waals surface area contributed by atoms with Crippen LogP contribution < -0.4 is 0 Å². The van der Waals surface area contributed by atoms with E-state index in [1.807, 2.05) is 0 Å². The Morgan fingerprint density at radius 2 is 0.958 bits per heavy atom. The Bertz CT molecular complexity index is 218. The van der Waals surface area contributed by atoms with Crippen molar-refractivity contribution in [1.82, 2.24) is 0 Å². The summed E-state index contributed by atoms with van der Waals surface area (Å²) in [5.41, 5.74) is 0. The zero-order valence-electron chi connectivity index (χ0n) is 17.4. The lowest BCUT2D eigenvalue weighted by Crippen LogP contribution is -2.22. The lowest BCUT2D eigenvalue weighted by atomic mass is 9.97. The molecule has 2 unspecified atom stereocenters. The second kappa shape index (κ2) is 17.7. The molecule has 0 saturated heterocycles. The molecule has 2 atom stereocenters. The summed E-state index contributed by atoms with van der Waals surface area (Å²) in [5, 5.41) is 0. The zero-order chi connectivity index (χ0) is 18.0. The van der Waals surface area contributed by atoms with Gasteiger partial charge in [-0.25, -0.2) is 0 Å². The lowest BCUT2D eigenvalue weighted by molar-refractivity contribution is -0.147. The summed E-state index contributed by atoms with van der Waals surface area (Å²) in [7, 11) is 0. The van der Waals surface area contributed by atoms with Gasteiger partial charge < -0.3 is 9.47 Å². The first kappa shape index (κ1) is 23.9. The Kier molecular flexibility index (Phi) is 17.7. The van der Waals surface area contributed by atoms with Crippen molar-refractivity contribution in [2.45, 2.75) is 118 Å². The molecule has 24 heavy (non-hydrogen) atoms. The molecule has 0 spiro atoms. The van der Waals surface area contributed by atoms with Crippen LogP contribution in [0.1, 0.15) is 112 Å². The van der Waals surface area contributed by atoms with E-state index in [4.69, 9.17) is 9.47 Å². The highest BCUT2D eigenvalue weighted by molar-refractivity contribution is 4.60. The van der Waals surface area contributed by atoms with E-state index in [1.54, 1.807) is 0 Å². The molecular weight excluding hydrogens is 296 g/mol. The SMILES string of the molecule is CCCCCC(CCC)COC(C)OCC(CCC)CCCCC. The second-order valence-electron chi connectivity index (χ2n) is 7.54. The molecule has 0 aromatic heterocycles. The van der Waals surface area contributed by atoms with Gasteiger partial charge in [0.25, 0.3) is 0 Å². The highest BCUT2D eigenvalue weighted by Crippen LogP contribution is 2.19. The van der Waals surface area contributed by atoms with Gasteiger partial charge in [0.05, 0.1) is 13.2 Å². The summed E-state index contributed by atoms with van der Waals surface area (Å²) >= 11 is 0. The first-order chi connectivity index (χ1) is 11.7. The number of hydrogen-bond donors (Lipinski definition) is 0. The van der Waals surface area contributed by atoms with Gasteiger partial charge in [-0.2, -0.15) is 0 Å². The Labute approximate surface area is 153 Å². The molecule has 0 amide bonds. The summed E-state index contributed by atoms with van der Waals surface area (Å²) in [4.78, 5) is 0. The van der Waals surface area contributed by atoms with Gasteiger partial charge in [0.2, 0.25) is 0 Å². The normalized spacial score (nSPS) is 15.4. The van der Waals surface area contributed by atoms with Crippen LogP contribution in [0.25, 0.3) is 0 Å². The van der Waals surface area contributed by atoms with E-state index in [1.165, 1.54) is 77.0 Å². The van der Waals surface area contributed by atoms with Crippen molar-refractivity contribution in [2.75, 3.05) is 13.2 Å². The highest BCUT2D eigenvalue weighted by Gasteiger charge is 2.13. The maximum atomic E-state index is 6.02. The van der Waals surface area contributed by atoms with Crippen molar-refractivity contribution in [1.29, 1.82) is 0 Å². The Morgan fingerprint density at radius 1 is 0.542 bits per heavy atom. The van der Waals surface area contributed by atoms with E-state index in [-0.39, 0.29) is 6.29 Å². The van der Waals surface area contributed by atoms with Crippen molar-refractivity contribution < 1.29 is 9.47 Å². The predicted octanol–water partition coefficient (Wildman–Crippen LogP) is 7.36. The van der Waals surface area contributed by atoms with Gasteiger partial charge in [0.15, 0.2) is 6.29 Å². The molecule has 0 aliphatic rings. The third kappa shape index (κ3) is 14.3. The van der Waals surface area contributed by atoms with Gasteiger partial charge in [-0.1, -0.05) is 79.1 Å². The van der Waals surface area contributed by atoms with Crippen LogP contribution in [0.15, 0.2) is 0 Å². The van der Waals surface area contributed by atoms with Crippen LogP contribution in [-0.2, 0) is 9.47 Å². The van der Waals surface area contributed by atoms with Gasteiger partial charge in [-0.15, -0.1) is 0 Å². The molecule has 0 aromatic rings. The first-order valence-corrected chi connectivity index (χ1v) is 10.9. The summed E-state index contributed by atoms with van der Waals surface area (Å²) in [5.74, 6) is 1.42. The maximum Gasteiger partial charge on any atom is 0.154 e. The molecular formula is C22H46O2. The van der Waals surface area contributed by atoms with Crippen LogP contribution in [0.3, 0.4) is 0 Å². The minimum absolute atomic E-state index is 0.0546. The van der Waals surface area contributed by atoms with Crippen molar-refractivity contribution in [3.8, 4) is 0 Å². The molecule has 0 aliphatic carbocycles. The fourth-order valence-corrected chi connectivity index (χ4v) is 3.40. The molecule has 0 bridgehead atoms. The van der Waals surface area contributed by atoms with Gasteiger partial charge >= 0.3 is 0 Å². The maximum absolute atomic E-state index is 6.02. The van der Waals surface area contributed by atoms with Crippen molar-refractivity contribution in [2.24, 2.45) is 11.8 Å². The lowest BCUT2D eigenvalue weighted by Gasteiger charge is -2.22. The van der Waals surface area contributed by atoms with Gasteiger partial charge in [-0.05, 0) is 44.4 Å². The first-order valence-electron chi connectivity index (χ1n) is 10.9. The third-order valence-corrected chi connectivity index (χ3v) is 4.96. The van der Waals surface area contributed by atoms with Crippen molar-refractivity contribution >= 4 is 0 Å². The number of unbranched alkanes of at least 4 members (excludes halogenated alkanes) is 4.